The maximum absolute atomic E-state index is 9.61. The van der Waals surface area contributed by atoms with E-state index in [0.717, 1.165) is 11.5 Å². The highest BCUT2D eigenvalue weighted by Gasteiger charge is 2.37. The topological polar surface area (TPSA) is 40.5 Å². The van der Waals surface area contributed by atoms with E-state index in [4.69, 9.17) is 5.11 Å². The van der Waals surface area contributed by atoms with E-state index in [2.05, 4.69) is 0 Å². The van der Waals surface area contributed by atoms with Crippen molar-refractivity contribution in [1.29, 1.82) is 0 Å². The molecule has 0 unspecified atom stereocenters. The Kier molecular flexibility index (Phi) is 4.23. The van der Waals surface area contributed by atoms with Gasteiger partial charge in [0, 0.05) is 6.61 Å². The maximum Gasteiger partial charge on any atom is 0.0887 e. The molecule has 1 fully saturated rings. The highest BCUT2D eigenvalue weighted by Crippen LogP contribution is 2.46. The Hall–Kier alpha value is 0.620. The minimum absolute atomic E-state index is 0.132. The van der Waals surface area contributed by atoms with Gasteiger partial charge < -0.3 is 10.2 Å². The number of thioether (sulfide) groups is 2. The van der Waals surface area contributed by atoms with Crippen LogP contribution in [0.15, 0.2) is 0 Å². The molecule has 0 saturated carbocycles. The van der Waals surface area contributed by atoms with Crippen LogP contribution in [0.5, 0.6) is 0 Å². The lowest BCUT2D eigenvalue weighted by Gasteiger charge is -2.38. The SMILES string of the molecule is C[C@@H](O)C1(CCO)SCCCS1. The summed E-state index contributed by atoms with van der Waals surface area (Å²) < 4.78 is -0.132. The Morgan fingerprint density at radius 1 is 1.42 bits per heavy atom. The van der Waals surface area contributed by atoms with Gasteiger partial charge in [-0.15, -0.1) is 23.5 Å². The van der Waals surface area contributed by atoms with Crippen LogP contribution in [0.4, 0.5) is 0 Å². The Bertz CT molecular complexity index is 128. The van der Waals surface area contributed by atoms with Crippen LogP contribution in [0.1, 0.15) is 19.8 Å². The minimum atomic E-state index is -0.333. The first-order chi connectivity index (χ1) is 5.71. The first kappa shape index (κ1) is 10.7. The van der Waals surface area contributed by atoms with Crippen LogP contribution >= 0.6 is 23.5 Å². The molecule has 0 aliphatic carbocycles. The van der Waals surface area contributed by atoms with Crippen molar-refractivity contribution in [3.63, 3.8) is 0 Å². The second-order valence-electron chi connectivity index (χ2n) is 3.01. The molecule has 1 rings (SSSR count). The lowest BCUT2D eigenvalue weighted by atomic mass is 10.2. The van der Waals surface area contributed by atoms with Gasteiger partial charge in [-0.05, 0) is 31.3 Å². The zero-order valence-electron chi connectivity index (χ0n) is 7.32. The van der Waals surface area contributed by atoms with Crippen LogP contribution in [0.3, 0.4) is 0 Å². The van der Waals surface area contributed by atoms with Crippen molar-refractivity contribution in [1.82, 2.24) is 0 Å². The van der Waals surface area contributed by atoms with Gasteiger partial charge in [-0.1, -0.05) is 0 Å². The lowest BCUT2D eigenvalue weighted by Crippen LogP contribution is -2.37. The molecule has 0 amide bonds. The third-order valence-corrected chi connectivity index (χ3v) is 5.84. The molecule has 0 radical (unpaired) electrons. The fourth-order valence-corrected chi connectivity index (χ4v) is 4.58. The molecule has 1 saturated heterocycles. The molecule has 1 heterocycles. The van der Waals surface area contributed by atoms with Gasteiger partial charge in [-0.2, -0.15) is 0 Å². The molecule has 0 aromatic carbocycles. The number of aliphatic hydroxyl groups is 2. The zero-order valence-corrected chi connectivity index (χ0v) is 8.96. The molecule has 0 spiro atoms. The van der Waals surface area contributed by atoms with E-state index in [1.165, 1.54) is 6.42 Å². The van der Waals surface area contributed by atoms with Crippen molar-refractivity contribution >= 4 is 23.5 Å². The summed E-state index contributed by atoms with van der Waals surface area (Å²) >= 11 is 3.59. The van der Waals surface area contributed by atoms with Crippen molar-refractivity contribution < 1.29 is 10.2 Å². The quantitative estimate of drug-likeness (QED) is 0.734. The van der Waals surface area contributed by atoms with E-state index >= 15 is 0 Å². The van der Waals surface area contributed by atoms with E-state index < -0.39 is 0 Å². The highest BCUT2D eigenvalue weighted by molar-refractivity contribution is 8.18. The molecule has 4 heteroatoms. The van der Waals surface area contributed by atoms with Crippen molar-refractivity contribution in [2.75, 3.05) is 18.1 Å². The molecule has 2 nitrogen and oxygen atoms in total. The minimum Gasteiger partial charge on any atom is -0.396 e. The number of hydrogen-bond donors (Lipinski definition) is 2. The van der Waals surface area contributed by atoms with Gasteiger partial charge in [0.15, 0.2) is 0 Å². The average molecular weight is 208 g/mol. The van der Waals surface area contributed by atoms with Crippen LogP contribution in [0, 0.1) is 0 Å². The first-order valence-electron chi connectivity index (χ1n) is 4.28. The van der Waals surface area contributed by atoms with Crippen LogP contribution in [0.25, 0.3) is 0 Å². The van der Waals surface area contributed by atoms with Crippen molar-refractivity contribution in [2.24, 2.45) is 0 Å². The third kappa shape index (κ3) is 2.31. The highest BCUT2D eigenvalue weighted by atomic mass is 32.2. The van der Waals surface area contributed by atoms with Gasteiger partial charge in [-0.25, -0.2) is 0 Å². The Morgan fingerprint density at radius 3 is 2.42 bits per heavy atom. The molecule has 0 bridgehead atoms. The molecule has 2 N–H and O–H groups in total. The van der Waals surface area contributed by atoms with Crippen molar-refractivity contribution in [3.8, 4) is 0 Å². The molecular formula is C8H16O2S2. The normalized spacial score (nSPS) is 25.2. The molecule has 1 aliphatic heterocycles. The van der Waals surface area contributed by atoms with Gasteiger partial charge in [0.1, 0.15) is 0 Å². The third-order valence-electron chi connectivity index (χ3n) is 2.08. The van der Waals surface area contributed by atoms with Gasteiger partial charge in [0.2, 0.25) is 0 Å². The van der Waals surface area contributed by atoms with E-state index in [9.17, 15) is 5.11 Å². The Balaban J connectivity index is 2.56. The summed E-state index contributed by atoms with van der Waals surface area (Å²) in [6.07, 6.45) is 1.58. The second-order valence-corrected chi connectivity index (χ2v) is 6.12. The summed E-state index contributed by atoms with van der Waals surface area (Å²) in [6.45, 7) is 1.99. The second kappa shape index (κ2) is 4.74. The van der Waals surface area contributed by atoms with Crippen LogP contribution in [-0.4, -0.2) is 38.5 Å². The Morgan fingerprint density at radius 2 is 2.00 bits per heavy atom. The summed E-state index contributed by atoms with van der Waals surface area (Å²) in [5, 5.41) is 18.5. The molecule has 0 aromatic rings. The Labute approximate surface area is 82.1 Å². The molecule has 1 atom stereocenters. The van der Waals surface area contributed by atoms with Crippen molar-refractivity contribution in [2.45, 2.75) is 29.9 Å². The monoisotopic (exact) mass is 208 g/mol. The van der Waals surface area contributed by atoms with Gasteiger partial charge in [0.05, 0.1) is 10.2 Å². The largest absolute Gasteiger partial charge is 0.396 e. The van der Waals surface area contributed by atoms with E-state index in [-0.39, 0.29) is 16.8 Å². The molecule has 0 aromatic heterocycles. The summed E-state index contributed by atoms with van der Waals surface area (Å²) in [5.74, 6) is 2.22. The van der Waals surface area contributed by atoms with E-state index in [1.807, 2.05) is 6.92 Å². The predicted octanol–water partition coefficient (Wildman–Crippen LogP) is 1.32. The first-order valence-corrected chi connectivity index (χ1v) is 6.25. The van der Waals surface area contributed by atoms with E-state index in [1.54, 1.807) is 23.5 Å². The maximum atomic E-state index is 9.61. The van der Waals surface area contributed by atoms with Gasteiger partial charge >= 0.3 is 0 Å². The van der Waals surface area contributed by atoms with Crippen LogP contribution in [0.2, 0.25) is 0 Å². The fourth-order valence-electron chi connectivity index (χ4n) is 1.34. The summed E-state index contributed by atoms with van der Waals surface area (Å²) in [7, 11) is 0. The van der Waals surface area contributed by atoms with Crippen LogP contribution < -0.4 is 0 Å². The molecule has 1 aliphatic rings. The van der Waals surface area contributed by atoms with Gasteiger partial charge in [-0.3, -0.25) is 0 Å². The van der Waals surface area contributed by atoms with Gasteiger partial charge in [0.25, 0.3) is 0 Å². The smallest absolute Gasteiger partial charge is 0.0887 e. The lowest BCUT2D eigenvalue weighted by molar-refractivity contribution is 0.161. The number of rotatable bonds is 3. The number of hydrogen-bond acceptors (Lipinski definition) is 4. The van der Waals surface area contributed by atoms with Crippen LogP contribution in [-0.2, 0) is 0 Å². The average Bonchev–Trinajstić information content (AvgIpc) is 2.06. The zero-order chi connectivity index (χ0) is 9.03. The molecular weight excluding hydrogens is 192 g/mol. The van der Waals surface area contributed by atoms with E-state index in [0.29, 0.717) is 6.42 Å². The summed E-state index contributed by atoms with van der Waals surface area (Å²) in [6, 6.07) is 0. The molecule has 72 valence electrons. The van der Waals surface area contributed by atoms with Crippen molar-refractivity contribution in [3.05, 3.63) is 0 Å². The predicted molar refractivity (Wildman–Crippen MR) is 55.6 cm³/mol. The molecule has 12 heavy (non-hydrogen) atoms. The summed E-state index contributed by atoms with van der Waals surface area (Å²) in [5.41, 5.74) is 0. The fraction of sp³-hybridized carbons (Fsp3) is 1.00. The standard InChI is InChI=1S/C8H16O2S2/c1-7(10)8(3-4-9)11-5-2-6-12-8/h7,9-10H,2-6H2,1H3/t7-/m1/s1. The number of aliphatic hydroxyl groups excluding tert-OH is 2. The summed E-state index contributed by atoms with van der Waals surface area (Å²) in [4.78, 5) is 0.